The van der Waals surface area contributed by atoms with Gasteiger partial charge in [0.1, 0.15) is 5.82 Å². The molecule has 0 bridgehead atoms. The maximum absolute atomic E-state index is 12.5. The lowest BCUT2D eigenvalue weighted by Crippen LogP contribution is -2.25. The summed E-state index contributed by atoms with van der Waals surface area (Å²) in [6.45, 7) is 2.88. The number of hydrogen-bond donors (Lipinski definition) is 1. The topological polar surface area (TPSA) is 55.1 Å². The van der Waals surface area contributed by atoms with Gasteiger partial charge in [-0.1, -0.05) is 19.1 Å². The van der Waals surface area contributed by atoms with E-state index in [0.717, 1.165) is 30.6 Å². The lowest BCUT2D eigenvalue weighted by Gasteiger charge is -2.12. The van der Waals surface area contributed by atoms with Crippen LogP contribution in [0.3, 0.4) is 0 Å². The molecule has 0 amide bonds. The zero-order chi connectivity index (χ0) is 13.7. The summed E-state index contributed by atoms with van der Waals surface area (Å²) in [5.41, 5.74) is 0.807. The highest BCUT2D eigenvalue weighted by Gasteiger charge is 2.09. The Morgan fingerprint density at radius 2 is 2.05 bits per heavy atom. The molecule has 0 unspecified atom stereocenters. The lowest BCUT2D eigenvalue weighted by molar-refractivity contribution is 0.280. The summed E-state index contributed by atoms with van der Waals surface area (Å²) in [5, 5.41) is 9.53. The molecule has 2 rings (SSSR count). The number of aromatic nitrogens is 2. The van der Waals surface area contributed by atoms with E-state index in [1.54, 1.807) is 4.57 Å². The number of para-hydroxylation sites is 1. The SMILES string of the molecule is CCCc1nc2ccccc2c(=O)n1CCCCO. The van der Waals surface area contributed by atoms with Gasteiger partial charge in [0, 0.05) is 19.6 Å². The van der Waals surface area contributed by atoms with Crippen molar-refractivity contribution in [3.8, 4) is 0 Å². The highest BCUT2D eigenvalue weighted by Crippen LogP contribution is 2.10. The number of rotatable bonds is 6. The highest BCUT2D eigenvalue weighted by molar-refractivity contribution is 5.77. The van der Waals surface area contributed by atoms with Gasteiger partial charge >= 0.3 is 0 Å². The fourth-order valence-corrected chi connectivity index (χ4v) is 2.24. The number of aliphatic hydroxyl groups is 1. The van der Waals surface area contributed by atoms with Crippen molar-refractivity contribution < 1.29 is 5.11 Å². The third kappa shape index (κ3) is 3.01. The van der Waals surface area contributed by atoms with Gasteiger partial charge in [-0.05, 0) is 31.4 Å². The van der Waals surface area contributed by atoms with Crippen LogP contribution in [0.4, 0.5) is 0 Å². The smallest absolute Gasteiger partial charge is 0.261 e. The van der Waals surface area contributed by atoms with Gasteiger partial charge in [-0.2, -0.15) is 0 Å². The first-order valence-electron chi connectivity index (χ1n) is 6.87. The van der Waals surface area contributed by atoms with Crippen molar-refractivity contribution >= 4 is 10.9 Å². The van der Waals surface area contributed by atoms with Gasteiger partial charge < -0.3 is 5.11 Å². The van der Waals surface area contributed by atoms with Crippen LogP contribution in [0.25, 0.3) is 10.9 Å². The molecule has 0 fully saturated rings. The van der Waals surface area contributed by atoms with E-state index in [-0.39, 0.29) is 12.2 Å². The minimum Gasteiger partial charge on any atom is -0.396 e. The van der Waals surface area contributed by atoms with E-state index in [0.29, 0.717) is 18.4 Å². The van der Waals surface area contributed by atoms with Crippen molar-refractivity contribution in [3.05, 3.63) is 40.4 Å². The second-order valence-corrected chi connectivity index (χ2v) is 4.68. The van der Waals surface area contributed by atoms with E-state index in [1.165, 1.54) is 0 Å². The standard InChI is InChI=1S/C15H20N2O2/c1-2-7-14-16-13-9-4-3-8-12(13)15(19)17(14)10-5-6-11-18/h3-4,8-9,18H,2,5-7,10-11H2,1H3. The molecule has 0 saturated heterocycles. The predicted molar refractivity (Wildman–Crippen MR) is 76.3 cm³/mol. The molecule has 0 atom stereocenters. The minimum atomic E-state index is 0.0342. The van der Waals surface area contributed by atoms with E-state index in [1.807, 2.05) is 24.3 Å². The number of aliphatic hydroxyl groups excluding tert-OH is 1. The summed E-state index contributed by atoms with van der Waals surface area (Å²) in [4.78, 5) is 17.1. The first kappa shape index (κ1) is 13.7. The zero-order valence-corrected chi connectivity index (χ0v) is 11.3. The third-order valence-corrected chi connectivity index (χ3v) is 3.20. The molecule has 0 saturated carbocycles. The molecule has 1 heterocycles. The van der Waals surface area contributed by atoms with Crippen molar-refractivity contribution in [1.29, 1.82) is 0 Å². The predicted octanol–water partition coefficient (Wildman–Crippen LogP) is 2.12. The summed E-state index contributed by atoms with van der Waals surface area (Å²) in [6.07, 6.45) is 3.28. The summed E-state index contributed by atoms with van der Waals surface area (Å²) in [6, 6.07) is 7.47. The van der Waals surface area contributed by atoms with Gasteiger partial charge in [-0.3, -0.25) is 9.36 Å². The monoisotopic (exact) mass is 260 g/mol. The summed E-state index contributed by atoms with van der Waals surface area (Å²) >= 11 is 0. The maximum atomic E-state index is 12.5. The van der Waals surface area contributed by atoms with E-state index >= 15 is 0 Å². The highest BCUT2D eigenvalue weighted by atomic mass is 16.2. The van der Waals surface area contributed by atoms with Crippen LogP contribution in [-0.4, -0.2) is 21.3 Å². The number of aryl methyl sites for hydroxylation is 1. The molecule has 0 aliphatic rings. The van der Waals surface area contributed by atoms with Crippen LogP contribution in [0.15, 0.2) is 29.1 Å². The number of nitrogens with zero attached hydrogens (tertiary/aromatic N) is 2. The quantitative estimate of drug-likeness (QED) is 0.809. The molecule has 4 nitrogen and oxygen atoms in total. The van der Waals surface area contributed by atoms with E-state index in [9.17, 15) is 4.79 Å². The Balaban J connectivity index is 2.48. The molecule has 4 heteroatoms. The molecule has 0 aliphatic heterocycles. The first-order chi connectivity index (χ1) is 9.27. The lowest BCUT2D eigenvalue weighted by atomic mass is 10.2. The number of unbranched alkanes of at least 4 members (excludes halogenated alkanes) is 1. The first-order valence-corrected chi connectivity index (χ1v) is 6.87. The normalized spacial score (nSPS) is 11.1. The molecule has 2 aromatic rings. The van der Waals surface area contributed by atoms with Crippen LogP contribution >= 0.6 is 0 Å². The van der Waals surface area contributed by atoms with Gasteiger partial charge in [0.15, 0.2) is 0 Å². The molecular formula is C15H20N2O2. The summed E-state index contributed by atoms with van der Waals surface area (Å²) < 4.78 is 1.77. The molecular weight excluding hydrogens is 240 g/mol. The van der Waals surface area contributed by atoms with Gasteiger partial charge in [0.05, 0.1) is 10.9 Å². The third-order valence-electron chi connectivity index (χ3n) is 3.20. The summed E-state index contributed by atoms with van der Waals surface area (Å²) in [7, 11) is 0. The fourth-order valence-electron chi connectivity index (χ4n) is 2.24. The molecule has 0 aliphatic carbocycles. The Bertz CT molecular complexity index is 605. The van der Waals surface area contributed by atoms with Crippen molar-refractivity contribution in [2.24, 2.45) is 0 Å². The molecule has 1 aromatic carbocycles. The zero-order valence-electron chi connectivity index (χ0n) is 11.3. The van der Waals surface area contributed by atoms with E-state index in [2.05, 4.69) is 11.9 Å². The van der Waals surface area contributed by atoms with Gasteiger partial charge in [0.25, 0.3) is 5.56 Å². The van der Waals surface area contributed by atoms with Crippen LogP contribution in [0, 0.1) is 0 Å². The van der Waals surface area contributed by atoms with Gasteiger partial charge in [-0.15, -0.1) is 0 Å². The maximum Gasteiger partial charge on any atom is 0.261 e. The molecule has 19 heavy (non-hydrogen) atoms. The van der Waals surface area contributed by atoms with Crippen LogP contribution in [0.2, 0.25) is 0 Å². The molecule has 0 radical (unpaired) electrons. The Morgan fingerprint density at radius 1 is 1.26 bits per heavy atom. The van der Waals surface area contributed by atoms with Crippen LogP contribution < -0.4 is 5.56 Å². The second kappa shape index (κ2) is 6.48. The van der Waals surface area contributed by atoms with Gasteiger partial charge in [-0.25, -0.2) is 4.98 Å². The van der Waals surface area contributed by atoms with Crippen LogP contribution in [0.5, 0.6) is 0 Å². The number of hydrogen-bond acceptors (Lipinski definition) is 3. The van der Waals surface area contributed by atoms with Crippen LogP contribution in [0.1, 0.15) is 32.0 Å². The fraction of sp³-hybridized carbons (Fsp3) is 0.467. The molecule has 0 spiro atoms. The van der Waals surface area contributed by atoms with Crippen LogP contribution in [-0.2, 0) is 13.0 Å². The average Bonchev–Trinajstić information content (AvgIpc) is 2.43. The van der Waals surface area contributed by atoms with Crippen molar-refractivity contribution in [1.82, 2.24) is 9.55 Å². The average molecular weight is 260 g/mol. The molecule has 102 valence electrons. The Hall–Kier alpha value is -1.68. The van der Waals surface area contributed by atoms with E-state index < -0.39 is 0 Å². The molecule has 1 aromatic heterocycles. The second-order valence-electron chi connectivity index (χ2n) is 4.68. The van der Waals surface area contributed by atoms with E-state index in [4.69, 9.17) is 5.11 Å². The largest absolute Gasteiger partial charge is 0.396 e. The Labute approximate surface area is 112 Å². The van der Waals surface area contributed by atoms with Crippen molar-refractivity contribution in [2.45, 2.75) is 39.2 Å². The van der Waals surface area contributed by atoms with Gasteiger partial charge in [0.2, 0.25) is 0 Å². The van der Waals surface area contributed by atoms with Crippen molar-refractivity contribution in [3.63, 3.8) is 0 Å². The number of benzene rings is 1. The molecule has 1 N–H and O–H groups in total. The Kier molecular flexibility index (Phi) is 4.68. The Morgan fingerprint density at radius 3 is 2.79 bits per heavy atom. The minimum absolute atomic E-state index is 0.0342. The number of fused-ring (bicyclic) bond motifs is 1. The summed E-state index contributed by atoms with van der Waals surface area (Å²) in [5.74, 6) is 0.851. The van der Waals surface area contributed by atoms with Crippen molar-refractivity contribution in [2.75, 3.05) is 6.61 Å².